The van der Waals surface area contributed by atoms with Crippen LogP contribution in [0.25, 0.3) is 0 Å². The summed E-state index contributed by atoms with van der Waals surface area (Å²) in [6, 6.07) is 9.67. The summed E-state index contributed by atoms with van der Waals surface area (Å²) in [5.41, 5.74) is 0. The van der Waals surface area contributed by atoms with Crippen molar-refractivity contribution in [2.75, 3.05) is 0 Å². The highest BCUT2D eigenvalue weighted by Crippen LogP contribution is 2.20. The Kier molecular flexibility index (Phi) is 7.42. The van der Waals surface area contributed by atoms with Crippen LogP contribution in [0.15, 0.2) is 38.6 Å². The van der Waals surface area contributed by atoms with Gasteiger partial charge in [0.15, 0.2) is 0 Å². The first-order valence-electron chi connectivity index (χ1n) is 5.83. The van der Waals surface area contributed by atoms with Gasteiger partial charge in [0, 0.05) is 28.3 Å². The fourth-order valence-corrected chi connectivity index (χ4v) is 1.80. The third-order valence-electron chi connectivity index (χ3n) is 2.17. The molecule has 0 aliphatic heterocycles. The van der Waals surface area contributed by atoms with Crippen molar-refractivity contribution in [1.29, 1.82) is 0 Å². The maximum absolute atomic E-state index is 11.3. The molecule has 0 heterocycles. The maximum Gasteiger partial charge on any atom is 0.255 e. The summed E-state index contributed by atoms with van der Waals surface area (Å²) in [5, 5.41) is 0.683. The lowest BCUT2D eigenvalue weighted by Crippen LogP contribution is -1.91. The number of hydrogen-bond donors (Lipinski definition) is 0. The number of aliphatic imine (C=N–C) groups is 1. The number of nitrogens with zero attached hydrogens (tertiary/aromatic N) is 2. The molecule has 0 N–H and O–H groups in total. The molecule has 0 fully saturated rings. The Morgan fingerprint density at radius 3 is 2.72 bits per heavy atom. The third kappa shape index (κ3) is 6.60. The van der Waals surface area contributed by atoms with Crippen molar-refractivity contribution >= 4 is 35.5 Å². The topological polar surface area (TPSA) is 41.8 Å². The van der Waals surface area contributed by atoms with E-state index >= 15 is 0 Å². The largest absolute Gasteiger partial charge is 0.272 e. The molecular formula is C13H15ClN2OS. The van der Waals surface area contributed by atoms with Crippen LogP contribution < -0.4 is 0 Å². The molecule has 0 aromatic heterocycles. The fraction of sp³-hybridized carbons (Fsp3) is 0.385. The highest BCUT2D eigenvalue weighted by molar-refractivity contribution is 7.98. The lowest BCUT2D eigenvalue weighted by atomic mass is 10.2. The quantitative estimate of drug-likeness (QED) is 0.434. The maximum atomic E-state index is 11.3. The molecule has 0 aliphatic rings. The van der Waals surface area contributed by atoms with Crippen LogP contribution in [-0.2, 0) is 4.79 Å². The smallest absolute Gasteiger partial charge is 0.255 e. The Balaban J connectivity index is 2.35. The first-order valence-corrected chi connectivity index (χ1v) is 6.98. The van der Waals surface area contributed by atoms with E-state index in [9.17, 15) is 4.79 Å². The van der Waals surface area contributed by atoms with Gasteiger partial charge in [-0.1, -0.05) is 31.4 Å². The number of carbonyl (C=O) groups is 1. The number of benzene rings is 1. The van der Waals surface area contributed by atoms with Crippen LogP contribution in [0.3, 0.4) is 0 Å². The van der Waals surface area contributed by atoms with E-state index < -0.39 is 0 Å². The zero-order chi connectivity index (χ0) is 13.2. The number of carbonyl (C=O) groups excluding carboxylic acids is 1. The van der Waals surface area contributed by atoms with Crippen molar-refractivity contribution in [3.63, 3.8) is 0 Å². The van der Waals surface area contributed by atoms with Gasteiger partial charge in [-0.25, -0.2) is 0 Å². The normalized spacial score (nSPS) is 9.67. The van der Waals surface area contributed by atoms with Gasteiger partial charge in [-0.3, -0.25) is 4.79 Å². The fourth-order valence-electron chi connectivity index (χ4n) is 1.23. The first-order chi connectivity index (χ1) is 8.72. The molecule has 0 radical (unpaired) electrons. The van der Waals surface area contributed by atoms with Gasteiger partial charge >= 0.3 is 0 Å². The number of unbranched alkanes of at least 4 members (excludes halogenated alkanes) is 2. The minimum Gasteiger partial charge on any atom is -0.272 e. The Bertz CT molecular complexity index is 439. The summed E-state index contributed by atoms with van der Waals surface area (Å²) in [6.07, 6.45) is 3.50. The van der Waals surface area contributed by atoms with Gasteiger partial charge in [-0.15, -0.1) is 9.39 Å². The molecule has 0 spiro atoms. The van der Waals surface area contributed by atoms with Crippen LogP contribution in [0.1, 0.15) is 32.6 Å². The van der Waals surface area contributed by atoms with E-state index in [-0.39, 0.29) is 5.91 Å². The molecule has 0 saturated heterocycles. The molecule has 18 heavy (non-hydrogen) atoms. The van der Waals surface area contributed by atoms with Gasteiger partial charge in [-0.2, -0.15) is 0 Å². The van der Waals surface area contributed by atoms with Crippen LogP contribution in [0.5, 0.6) is 0 Å². The summed E-state index contributed by atoms with van der Waals surface area (Å²) in [6.45, 7) is 2.10. The third-order valence-corrected chi connectivity index (χ3v) is 3.08. The zero-order valence-electron chi connectivity index (χ0n) is 10.2. The van der Waals surface area contributed by atoms with Crippen LogP contribution in [-0.4, -0.2) is 11.9 Å². The Morgan fingerprint density at radius 2 is 2.06 bits per heavy atom. The molecule has 0 atom stereocenters. The van der Waals surface area contributed by atoms with Gasteiger partial charge in [0.05, 0.1) is 0 Å². The highest BCUT2D eigenvalue weighted by Gasteiger charge is 1.96. The molecular weight excluding hydrogens is 268 g/mol. The molecule has 0 saturated carbocycles. The zero-order valence-corrected chi connectivity index (χ0v) is 11.8. The second-order valence-corrected chi connectivity index (χ2v) is 4.97. The van der Waals surface area contributed by atoms with E-state index in [0.29, 0.717) is 11.4 Å². The molecule has 1 aromatic carbocycles. The second-order valence-electron chi connectivity index (χ2n) is 3.70. The van der Waals surface area contributed by atoms with Gasteiger partial charge in [0.2, 0.25) is 0 Å². The predicted octanol–water partition coefficient (Wildman–Crippen LogP) is 4.63. The molecule has 96 valence electrons. The minimum atomic E-state index is -0.163. The average molecular weight is 283 g/mol. The summed E-state index contributed by atoms with van der Waals surface area (Å²) in [5.74, 6) is -0.163. The van der Waals surface area contributed by atoms with Crippen molar-refractivity contribution < 1.29 is 4.79 Å². The SMILES string of the molecule is CCCCCC(=O)N=C=NSc1ccc(Cl)cc1. The lowest BCUT2D eigenvalue weighted by molar-refractivity contribution is -0.117. The molecule has 1 amide bonds. The first kappa shape index (κ1) is 15.0. The van der Waals surface area contributed by atoms with E-state index in [1.165, 1.54) is 11.9 Å². The molecule has 1 aromatic rings. The van der Waals surface area contributed by atoms with E-state index in [0.717, 1.165) is 24.2 Å². The van der Waals surface area contributed by atoms with Crippen molar-refractivity contribution in [3.05, 3.63) is 29.3 Å². The van der Waals surface area contributed by atoms with E-state index in [1.54, 1.807) is 12.1 Å². The monoisotopic (exact) mass is 282 g/mol. The predicted molar refractivity (Wildman–Crippen MR) is 76.3 cm³/mol. The molecule has 3 nitrogen and oxygen atoms in total. The average Bonchev–Trinajstić information content (AvgIpc) is 2.37. The summed E-state index contributed by atoms with van der Waals surface area (Å²) < 4.78 is 3.88. The van der Waals surface area contributed by atoms with Crippen LogP contribution in [0.2, 0.25) is 5.02 Å². The Morgan fingerprint density at radius 1 is 1.33 bits per heavy atom. The van der Waals surface area contributed by atoms with Gasteiger partial charge in [0.25, 0.3) is 5.91 Å². The summed E-state index contributed by atoms with van der Waals surface area (Å²) in [7, 11) is 0. The standard InChI is InChI=1S/C13H15ClN2OS/c1-2-3-4-5-13(17)15-10-16-18-12-8-6-11(14)7-9-12/h6-9H,2-5H2,1H3. The molecule has 0 bridgehead atoms. The van der Waals surface area contributed by atoms with Crippen molar-refractivity contribution in [2.45, 2.75) is 37.5 Å². The van der Waals surface area contributed by atoms with Crippen LogP contribution >= 0.6 is 23.5 Å². The Hall–Kier alpha value is -1.09. The number of halogens is 1. The second kappa shape index (κ2) is 8.92. The van der Waals surface area contributed by atoms with Gasteiger partial charge in [0.1, 0.15) is 6.01 Å². The Labute approximate surface area is 116 Å². The minimum absolute atomic E-state index is 0.163. The number of hydrogen-bond acceptors (Lipinski definition) is 3. The van der Waals surface area contributed by atoms with Crippen molar-refractivity contribution in [1.82, 2.24) is 0 Å². The van der Waals surface area contributed by atoms with Crippen molar-refractivity contribution in [3.8, 4) is 0 Å². The summed E-state index contributed by atoms with van der Waals surface area (Å²) >= 11 is 6.97. The van der Waals surface area contributed by atoms with Crippen LogP contribution in [0.4, 0.5) is 0 Å². The van der Waals surface area contributed by atoms with E-state index in [2.05, 4.69) is 22.3 Å². The van der Waals surface area contributed by atoms with Crippen LogP contribution in [0, 0.1) is 0 Å². The molecule has 0 aliphatic carbocycles. The number of rotatable bonds is 6. The lowest BCUT2D eigenvalue weighted by Gasteiger charge is -1.93. The molecule has 0 unspecified atom stereocenters. The summed E-state index contributed by atoms with van der Waals surface area (Å²) in [4.78, 5) is 15.8. The highest BCUT2D eigenvalue weighted by atomic mass is 35.5. The van der Waals surface area contributed by atoms with E-state index in [1.807, 2.05) is 12.1 Å². The molecule has 5 heteroatoms. The van der Waals surface area contributed by atoms with Gasteiger partial charge < -0.3 is 0 Å². The molecule has 1 rings (SSSR count). The van der Waals surface area contributed by atoms with Gasteiger partial charge in [-0.05, 0) is 30.7 Å². The van der Waals surface area contributed by atoms with E-state index in [4.69, 9.17) is 11.6 Å². The van der Waals surface area contributed by atoms with Crippen molar-refractivity contribution in [2.24, 2.45) is 9.39 Å². The number of amides is 1.